The molecule has 0 saturated heterocycles. The van der Waals surface area contributed by atoms with E-state index in [4.69, 9.17) is 0 Å². The zero-order valence-electron chi connectivity index (χ0n) is 20.0. The molecule has 0 amide bonds. The van der Waals surface area contributed by atoms with Crippen LogP contribution in [0.5, 0.6) is 0 Å². The first-order chi connectivity index (χ1) is 14.6. The van der Waals surface area contributed by atoms with Gasteiger partial charge in [-0.05, 0) is 38.5 Å². The molecule has 0 N–H and O–H groups in total. The van der Waals surface area contributed by atoms with Crippen molar-refractivity contribution in [3.05, 3.63) is 0 Å². The van der Waals surface area contributed by atoms with Crippen molar-refractivity contribution in [2.24, 2.45) is 21.8 Å². The summed E-state index contributed by atoms with van der Waals surface area (Å²) in [7, 11) is -0.954. The second kappa shape index (κ2) is 25.9. The number of isocyanates is 2. The maximum atomic E-state index is 12.3. The highest BCUT2D eigenvalue weighted by Crippen LogP contribution is 2.33. The van der Waals surface area contributed by atoms with Crippen LogP contribution in [-0.2, 0) is 14.2 Å². The highest BCUT2D eigenvalue weighted by molar-refractivity contribution is 7.44. The molecule has 0 aromatic rings. The van der Waals surface area contributed by atoms with Crippen molar-refractivity contribution in [2.75, 3.05) is 25.4 Å². The molecule has 0 radical (unpaired) electrons. The Labute approximate surface area is 186 Å². The topological polar surface area (TPSA) is 75.9 Å². The minimum absolute atomic E-state index is 0.556. The Hall–Kier alpha value is -1.14. The van der Waals surface area contributed by atoms with Crippen LogP contribution in [0, 0.1) is 11.8 Å². The summed E-state index contributed by atoms with van der Waals surface area (Å²) in [5, 5.41) is 0. The minimum atomic E-state index is -0.954. The Morgan fingerprint density at radius 1 is 0.667 bits per heavy atom. The molecule has 174 valence electrons. The standard InChI is InChI=1S/C16H34OP.C8H12N2O2/c1-5-9-11-15(7-3)13-18(17)14-16(8-4)12-10-6-2;11-7-9-5-3-1-2-4-6-10-8-12/h15-16H,5-14H2,1-4H3;1-6H2/q+1;. The van der Waals surface area contributed by atoms with Gasteiger partial charge in [-0.2, -0.15) is 0 Å². The third-order valence-electron chi connectivity index (χ3n) is 5.43. The van der Waals surface area contributed by atoms with Gasteiger partial charge in [0.2, 0.25) is 12.2 Å². The molecular formula is C24H46N2O3P+. The molecule has 30 heavy (non-hydrogen) atoms. The van der Waals surface area contributed by atoms with Crippen molar-refractivity contribution < 1.29 is 14.2 Å². The summed E-state index contributed by atoms with van der Waals surface area (Å²) in [4.78, 5) is 26.1. The summed E-state index contributed by atoms with van der Waals surface area (Å²) in [6, 6.07) is 0. The lowest BCUT2D eigenvalue weighted by atomic mass is 10.0. The fraction of sp³-hybridized carbons (Fsp3) is 0.917. The van der Waals surface area contributed by atoms with Gasteiger partial charge in [-0.1, -0.05) is 70.8 Å². The minimum Gasteiger partial charge on any atom is -0.211 e. The fourth-order valence-corrected chi connectivity index (χ4v) is 5.49. The van der Waals surface area contributed by atoms with E-state index in [2.05, 4.69) is 37.7 Å². The van der Waals surface area contributed by atoms with Gasteiger partial charge in [-0.3, -0.25) is 0 Å². The van der Waals surface area contributed by atoms with Crippen LogP contribution in [0.15, 0.2) is 9.98 Å². The summed E-state index contributed by atoms with van der Waals surface area (Å²) < 4.78 is 12.3. The Balaban J connectivity index is 0. The molecule has 0 aliphatic heterocycles. The van der Waals surface area contributed by atoms with Crippen molar-refractivity contribution in [1.82, 2.24) is 0 Å². The fourth-order valence-electron chi connectivity index (χ4n) is 3.31. The van der Waals surface area contributed by atoms with Gasteiger partial charge in [-0.15, -0.1) is 0 Å². The molecule has 0 bridgehead atoms. The Morgan fingerprint density at radius 2 is 1.07 bits per heavy atom. The van der Waals surface area contributed by atoms with Gasteiger partial charge in [0.25, 0.3) is 0 Å². The third-order valence-corrected chi connectivity index (χ3v) is 7.28. The number of nitrogens with zero attached hydrogens (tertiary/aromatic N) is 2. The van der Waals surface area contributed by atoms with Crippen molar-refractivity contribution in [2.45, 2.75) is 105 Å². The van der Waals surface area contributed by atoms with E-state index in [0.717, 1.165) is 38.0 Å². The summed E-state index contributed by atoms with van der Waals surface area (Å²) in [6.45, 7) is 10.1. The maximum Gasteiger partial charge on any atom is 0.339 e. The van der Waals surface area contributed by atoms with Crippen LogP contribution in [0.25, 0.3) is 0 Å². The molecule has 2 atom stereocenters. The molecule has 2 unspecified atom stereocenters. The van der Waals surface area contributed by atoms with Crippen molar-refractivity contribution in [1.29, 1.82) is 0 Å². The second-order valence-corrected chi connectivity index (χ2v) is 9.73. The first kappa shape index (κ1) is 31.0. The molecule has 0 aliphatic rings. The molecule has 0 aromatic carbocycles. The smallest absolute Gasteiger partial charge is 0.211 e. The normalized spacial score (nSPS) is 12.6. The van der Waals surface area contributed by atoms with Crippen LogP contribution in [0.2, 0.25) is 0 Å². The predicted octanol–water partition coefficient (Wildman–Crippen LogP) is 7.47. The van der Waals surface area contributed by atoms with Crippen molar-refractivity contribution >= 4 is 20.0 Å². The SMILES string of the molecule is CCCCC(CC)C[P+](=O)CC(CC)CCCC.O=C=NCCCCCCN=C=O. The van der Waals surface area contributed by atoms with Crippen LogP contribution < -0.4 is 0 Å². The van der Waals surface area contributed by atoms with E-state index in [-0.39, 0.29) is 0 Å². The molecule has 0 rings (SSSR count). The van der Waals surface area contributed by atoms with E-state index >= 15 is 0 Å². The quantitative estimate of drug-likeness (QED) is 0.0903. The zero-order chi connectivity index (χ0) is 22.9. The van der Waals surface area contributed by atoms with E-state index in [0.29, 0.717) is 24.9 Å². The number of carbonyl (C=O) groups excluding carboxylic acids is 2. The molecule has 0 fully saturated rings. The highest BCUT2D eigenvalue weighted by atomic mass is 31.1. The molecular weight excluding hydrogens is 395 g/mol. The lowest BCUT2D eigenvalue weighted by Gasteiger charge is -2.11. The lowest BCUT2D eigenvalue weighted by molar-refractivity contribution is 0.470. The Bertz CT molecular complexity index is 445. The number of hydrogen-bond donors (Lipinski definition) is 0. The van der Waals surface area contributed by atoms with E-state index in [1.165, 1.54) is 63.5 Å². The van der Waals surface area contributed by atoms with Crippen LogP contribution in [-0.4, -0.2) is 37.6 Å². The first-order valence-corrected chi connectivity index (χ1v) is 13.7. The van der Waals surface area contributed by atoms with Gasteiger partial charge in [0, 0.05) is 11.8 Å². The molecule has 6 heteroatoms. The van der Waals surface area contributed by atoms with E-state index in [9.17, 15) is 14.2 Å². The molecule has 0 aliphatic carbocycles. The van der Waals surface area contributed by atoms with Gasteiger partial charge in [-0.25, -0.2) is 19.6 Å². The first-order valence-electron chi connectivity index (χ1n) is 12.1. The van der Waals surface area contributed by atoms with Crippen LogP contribution in [0.1, 0.15) is 105 Å². The molecule has 0 spiro atoms. The second-order valence-electron chi connectivity index (χ2n) is 8.04. The van der Waals surface area contributed by atoms with Crippen molar-refractivity contribution in [3.63, 3.8) is 0 Å². The van der Waals surface area contributed by atoms with E-state index < -0.39 is 7.80 Å². The van der Waals surface area contributed by atoms with E-state index in [1.54, 1.807) is 0 Å². The molecule has 0 saturated carbocycles. The third kappa shape index (κ3) is 23.1. The largest absolute Gasteiger partial charge is 0.339 e. The van der Waals surface area contributed by atoms with Crippen LogP contribution >= 0.6 is 7.80 Å². The van der Waals surface area contributed by atoms with Crippen molar-refractivity contribution in [3.8, 4) is 0 Å². The molecule has 5 nitrogen and oxygen atoms in total. The monoisotopic (exact) mass is 441 g/mol. The van der Waals surface area contributed by atoms with Crippen LogP contribution in [0.3, 0.4) is 0 Å². The number of rotatable bonds is 19. The van der Waals surface area contributed by atoms with Crippen LogP contribution in [0.4, 0.5) is 0 Å². The maximum absolute atomic E-state index is 12.3. The summed E-state index contributed by atoms with van der Waals surface area (Å²) in [5.74, 6) is 1.41. The lowest BCUT2D eigenvalue weighted by Crippen LogP contribution is -2.07. The highest BCUT2D eigenvalue weighted by Gasteiger charge is 2.25. The zero-order valence-corrected chi connectivity index (χ0v) is 20.9. The number of unbranched alkanes of at least 4 members (excludes halogenated alkanes) is 5. The summed E-state index contributed by atoms with van der Waals surface area (Å²) in [5.41, 5.74) is 0. The van der Waals surface area contributed by atoms with Gasteiger partial charge in [0.05, 0.1) is 13.1 Å². The predicted molar refractivity (Wildman–Crippen MR) is 128 cm³/mol. The Morgan fingerprint density at radius 3 is 1.37 bits per heavy atom. The van der Waals surface area contributed by atoms with E-state index in [1.807, 2.05) is 0 Å². The number of aliphatic imine (C=N–C) groups is 2. The average molecular weight is 442 g/mol. The average Bonchev–Trinajstić information content (AvgIpc) is 2.76. The number of hydrogen-bond acceptors (Lipinski definition) is 5. The van der Waals surface area contributed by atoms with Gasteiger partial charge in [0.1, 0.15) is 12.3 Å². The summed E-state index contributed by atoms with van der Waals surface area (Å²) >= 11 is 0. The van der Waals surface area contributed by atoms with Gasteiger partial charge < -0.3 is 0 Å². The molecule has 0 aromatic heterocycles. The van der Waals surface area contributed by atoms with Gasteiger partial charge >= 0.3 is 7.80 Å². The molecule has 0 heterocycles. The van der Waals surface area contributed by atoms with Gasteiger partial charge in [0.15, 0.2) is 0 Å². The summed E-state index contributed by atoms with van der Waals surface area (Å²) in [6.07, 6.45) is 18.9. The Kier molecular flexibility index (Phi) is 26.8.